The Bertz CT molecular complexity index is 505. The highest BCUT2D eigenvalue weighted by molar-refractivity contribution is 9.10. The quantitative estimate of drug-likeness (QED) is 0.772. The molecule has 0 amide bonds. The Morgan fingerprint density at radius 3 is 2.53 bits per heavy atom. The lowest BCUT2D eigenvalue weighted by Gasteiger charge is -2.19. The fraction of sp³-hybridized carbons (Fsp3) is 0.400. The van der Waals surface area contributed by atoms with Crippen molar-refractivity contribution in [2.45, 2.75) is 17.2 Å². The zero-order valence-corrected chi connectivity index (χ0v) is 13.2. The van der Waals surface area contributed by atoms with Crippen LogP contribution in [0.2, 0.25) is 5.02 Å². The predicted molar refractivity (Wildman–Crippen MR) is 74.3 cm³/mol. The molecule has 0 radical (unpaired) electrons. The van der Waals surface area contributed by atoms with Crippen molar-refractivity contribution in [3.63, 3.8) is 0 Å². The number of hydrogen-bond acceptors (Lipinski definition) is 2. The summed E-state index contributed by atoms with van der Waals surface area (Å²) < 4.78 is 26.3. The van der Waals surface area contributed by atoms with E-state index < -0.39 is 10.0 Å². The van der Waals surface area contributed by atoms with E-state index in [0.29, 0.717) is 0 Å². The van der Waals surface area contributed by atoms with Crippen LogP contribution in [0.5, 0.6) is 0 Å². The van der Waals surface area contributed by atoms with Crippen molar-refractivity contribution in [1.29, 1.82) is 0 Å². The molecule has 0 saturated heterocycles. The molecule has 1 unspecified atom stereocenters. The molecule has 0 fully saturated rings. The van der Waals surface area contributed by atoms with Gasteiger partial charge in [-0.15, -0.1) is 11.6 Å². The van der Waals surface area contributed by atoms with Crippen molar-refractivity contribution in [2.24, 2.45) is 0 Å². The van der Waals surface area contributed by atoms with Gasteiger partial charge in [-0.1, -0.05) is 27.5 Å². The molecule has 0 saturated carbocycles. The van der Waals surface area contributed by atoms with Gasteiger partial charge in [0, 0.05) is 23.4 Å². The third-order valence-electron chi connectivity index (χ3n) is 2.09. The molecular formula is C10H12BrCl2NO2S. The highest BCUT2D eigenvalue weighted by atomic mass is 79.9. The number of halogens is 3. The molecule has 1 aromatic rings. The first-order valence-corrected chi connectivity index (χ1v) is 7.85. The van der Waals surface area contributed by atoms with Gasteiger partial charge in [0.1, 0.15) is 4.90 Å². The minimum atomic E-state index is -3.59. The molecule has 0 bridgehead atoms. The van der Waals surface area contributed by atoms with Crippen LogP contribution in [0.4, 0.5) is 0 Å². The van der Waals surface area contributed by atoms with E-state index in [9.17, 15) is 8.42 Å². The van der Waals surface area contributed by atoms with Crippen molar-refractivity contribution in [2.75, 3.05) is 13.6 Å². The van der Waals surface area contributed by atoms with Crippen molar-refractivity contribution in [3.05, 3.63) is 27.7 Å². The van der Waals surface area contributed by atoms with Gasteiger partial charge in [0.15, 0.2) is 0 Å². The summed E-state index contributed by atoms with van der Waals surface area (Å²) in [6.07, 6.45) is 0. The van der Waals surface area contributed by atoms with Gasteiger partial charge in [-0.05, 0) is 25.1 Å². The molecule has 0 aliphatic heterocycles. The number of nitrogens with zero attached hydrogens (tertiary/aromatic N) is 1. The highest BCUT2D eigenvalue weighted by Gasteiger charge is 2.24. The molecule has 17 heavy (non-hydrogen) atoms. The standard InChI is InChI=1S/C10H12BrCl2NO2S/c1-7(12)6-14(2)17(15,16)10-4-3-8(11)5-9(10)13/h3-5,7H,6H2,1-2H3. The Hall–Kier alpha value is 0.190. The highest BCUT2D eigenvalue weighted by Crippen LogP contribution is 2.27. The maximum atomic E-state index is 12.2. The largest absolute Gasteiger partial charge is 0.244 e. The zero-order valence-electron chi connectivity index (χ0n) is 9.32. The van der Waals surface area contributed by atoms with Crippen LogP contribution in [0, 0.1) is 0 Å². The van der Waals surface area contributed by atoms with E-state index in [4.69, 9.17) is 23.2 Å². The first-order chi connectivity index (χ1) is 7.75. The average molecular weight is 361 g/mol. The summed E-state index contributed by atoms with van der Waals surface area (Å²) >= 11 is 14.9. The number of alkyl halides is 1. The normalized spacial score (nSPS) is 14.0. The monoisotopic (exact) mass is 359 g/mol. The van der Waals surface area contributed by atoms with Crippen molar-refractivity contribution in [3.8, 4) is 0 Å². The maximum Gasteiger partial charge on any atom is 0.244 e. The molecule has 0 aliphatic rings. The fourth-order valence-corrected chi connectivity index (χ4v) is 3.86. The summed E-state index contributed by atoms with van der Waals surface area (Å²) in [7, 11) is -2.11. The minimum absolute atomic E-state index is 0.0854. The Labute approximate surface area is 120 Å². The van der Waals surface area contributed by atoms with E-state index in [1.165, 1.54) is 17.4 Å². The number of hydrogen-bond donors (Lipinski definition) is 0. The Kier molecular flexibility index (Phi) is 5.28. The van der Waals surface area contributed by atoms with Gasteiger partial charge in [0.25, 0.3) is 0 Å². The van der Waals surface area contributed by atoms with E-state index in [1.54, 1.807) is 19.1 Å². The summed E-state index contributed by atoms with van der Waals surface area (Å²) in [6, 6.07) is 4.65. The summed E-state index contributed by atoms with van der Waals surface area (Å²) in [6.45, 7) is 1.97. The average Bonchev–Trinajstić information content (AvgIpc) is 2.15. The third kappa shape index (κ3) is 3.83. The number of rotatable bonds is 4. The smallest absolute Gasteiger partial charge is 0.207 e. The minimum Gasteiger partial charge on any atom is -0.207 e. The van der Waals surface area contributed by atoms with Gasteiger partial charge >= 0.3 is 0 Å². The number of sulfonamides is 1. The number of benzene rings is 1. The van der Waals surface area contributed by atoms with Crippen LogP contribution in [0.3, 0.4) is 0 Å². The zero-order chi connectivity index (χ0) is 13.2. The molecule has 0 N–H and O–H groups in total. The van der Waals surface area contributed by atoms with Crippen LogP contribution in [0.25, 0.3) is 0 Å². The second kappa shape index (κ2) is 5.89. The first-order valence-electron chi connectivity index (χ1n) is 4.80. The van der Waals surface area contributed by atoms with Gasteiger partial charge < -0.3 is 0 Å². The van der Waals surface area contributed by atoms with E-state index in [0.717, 1.165) is 4.47 Å². The van der Waals surface area contributed by atoms with E-state index in [2.05, 4.69) is 15.9 Å². The summed E-state index contributed by atoms with van der Waals surface area (Å²) in [5, 5.41) is -0.0718. The molecule has 0 aliphatic carbocycles. The summed E-state index contributed by atoms with van der Waals surface area (Å²) in [5.41, 5.74) is 0. The summed E-state index contributed by atoms with van der Waals surface area (Å²) in [4.78, 5) is 0.0854. The van der Waals surface area contributed by atoms with Crippen LogP contribution in [0.15, 0.2) is 27.6 Å². The van der Waals surface area contributed by atoms with Crippen LogP contribution < -0.4 is 0 Å². The van der Waals surface area contributed by atoms with E-state index in [-0.39, 0.29) is 21.8 Å². The fourth-order valence-electron chi connectivity index (χ4n) is 1.30. The Morgan fingerprint density at radius 2 is 2.06 bits per heavy atom. The SMILES string of the molecule is CC(Cl)CN(C)S(=O)(=O)c1ccc(Br)cc1Cl. The second-order valence-corrected chi connectivity index (χ2v) is 7.72. The van der Waals surface area contributed by atoms with Crippen LogP contribution in [-0.4, -0.2) is 31.7 Å². The molecule has 1 atom stereocenters. The van der Waals surface area contributed by atoms with Gasteiger partial charge in [-0.25, -0.2) is 8.42 Å². The van der Waals surface area contributed by atoms with Gasteiger partial charge in [-0.2, -0.15) is 4.31 Å². The van der Waals surface area contributed by atoms with E-state index >= 15 is 0 Å². The van der Waals surface area contributed by atoms with Gasteiger partial charge in [0.05, 0.1) is 5.02 Å². The van der Waals surface area contributed by atoms with Crippen molar-refractivity contribution >= 4 is 49.2 Å². The first kappa shape index (κ1) is 15.2. The lowest BCUT2D eigenvalue weighted by molar-refractivity contribution is 0.470. The molecule has 96 valence electrons. The van der Waals surface area contributed by atoms with Crippen LogP contribution >= 0.6 is 39.1 Å². The second-order valence-electron chi connectivity index (χ2n) is 3.64. The molecule has 1 aromatic carbocycles. The van der Waals surface area contributed by atoms with E-state index in [1.807, 2.05) is 0 Å². The van der Waals surface area contributed by atoms with Crippen LogP contribution in [0.1, 0.15) is 6.92 Å². The molecule has 1 rings (SSSR count). The summed E-state index contributed by atoms with van der Waals surface area (Å²) in [5.74, 6) is 0. The maximum absolute atomic E-state index is 12.2. The predicted octanol–water partition coefficient (Wildman–Crippen LogP) is 3.35. The third-order valence-corrected chi connectivity index (χ3v) is 5.03. The molecule has 3 nitrogen and oxygen atoms in total. The molecule has 0 spiro atoms. The molecule has 0 heterocycles. The molecule has 0 aromatic heterocycles. The van der Waals surface area contributed by atoms with Crippen molar-refractivity contribution in [1.82, 2.24) is 4.31 Å². The molecule has 7 heteroatoms. The Balaban J connectivity index is 3.13. The molecular weight excluding hydrogens is 349 g/mol. The topological polar surface area (TPSA) is 37.4 Å². The van der Waals surface area contributed by atoms with Crippen molar-refractivity contribution < 1.29 is 8.42 Å². The van der Waals surface area contributed by atoms with Gasteiger partial charge in [-0.3, -0.25) is 0 Å². The lowest BCUT2D eigenvalue weighted by atomic mass is 10.4. The van der Waals surface area contributed by atoms with Gasteiger partial charge in [0.2, 0.25) is 10.0 Å². The lowest BCUT2D eigenvalue weighted by Crippen LogP contribution is -2.31. The van der Waals surface area contributed by atoms with Crippen LogP contribution in [-0.2, 0) is 10.0 Å². The Morgan fingerprint density at radius 1 is 1.47 bits per heavy atom.